The highest BCUT2D eigenvalue weighted by Crippen LogP contribution is 2.20. The van der Waals surface area contributed by atoms with Gasteiger partial charge in [-0.1, -0.05) is 38.1 Å². The number of carbonyl (C=O) groups is 1. The lowest BCUT2D eigenvalue weighted by Gasteiger charge is -2.11. The maximum Gasteiger partial charge on any atom is 0.252 e. The van der Waals surface area contributed by atoms with Crippen molar-refractivity contribution < 1.29 is 4.79 Å². The second kappa shape index (κ2) is 8.62. The Kier molecular flexibility index (Phi) is 6.01. The Hall–Kier alpha value is -2.95. The van der Waals surface area contributed by atoms with Gasteiger partial charge in [0.25, 0.3) is 5.91 Å². The number of hydrogen-bond donors (Lipinski definition) is 1. The minimum Gasteiger partial charge on any atom is -0.352 e. The summed E-state index contributed by atoms with van der Waals surface area (Å²) in [4.78, 5) is 21.2. The van der Waals surface area contributed by atoms with Crippen LogP contribution in [0.5, 0.6) is 0 Å². The smallest absolute Gasteiger partial charge is 0.252 e. The standard InChI is InChI=1S/C22H26N4O/c1-16(2)21-23-12-14-26(21)13-6-11-24-22(27)18-9-10-20(25-15-18)19-8-5-4-7-17(19)3/h4-5,7-10,12,14-16H,6,11,13H2,1-3H3,(H,24,27). The molecule has 1 aromatic carbocycles. The summed E-state index contributed by atoms with van der Waals surface area (Å²) in [6, 6.07) is 11.8. The SMILES string of the molecule is Cc1ccccc1-c1ccc(C(=O)NCCCn2ccnc2C(C)C)cn1. The fourth-order valence-corrected chi connectivity index (χ4v) is 3.11. The fraction of sp³-hybridized carbons (Fsp3) is 0.318. The van der Waals surface area contributed by atoms with E-state index in [9.17, 15) is 4.79 Å². The lowest BCUT2D eigenvalue weighted by Crippen LogP contribution is -2.25. The maximum atomic E-state index is 12.3. The van der Waals surface area contributed by atoms with Gasteiger partial charge in [0.15, 0.2) is 0 Å². The Labute approximate surface area is 160 Å². The third kappa shape index (κ3) is 4.61. The second-order valence-electron chi connectivity index (χ2n) is 6.99. The molecule has 0 aliphatic heterocycles. The van der Waals surface area contributed by atoms with Crippen LogP contribution in [0, 0.1) is 6.92 Å². The number of carbonyl (C=O) groups excluding carboxylic acids is 1. The molecule has 140 valence electrons. The first-order valence-corrected chi connectivity index (χ1v) is 9.37. The number of nitrogens with one attached hydrogen (secondary N) is 1. The van der Waals surface area contributed by atoms with Gasteiger partial charge in [0.05, 0.1) is 11.3 Å². The third-order valence-corrected chi connectivity index (χ3v) is 4.57. The van der Waals surface area contributed by atoms with Crippen LogP contribution in [0.3, 0.4) is 0 Å². The van der Waals surface area contributed by atoms with Gasteiger partial charge in [0.2, 0.25) is 0 Å². The second-order valence-corrected chi connectivity index (χ2v) is 6.99. The molecule has 0 aliphatic carbocycles. The molecular weight excluding hydrogens is 336 g/mol. The Bertz CT molecular complexity index is 897. The predicted molar refractivity (Wildman–Crippen MR) is 108 cm³/mol. The van der Waals surface area contributed by atoms with Crippen molar-refractivity contribution in [3.05, 3.63) is 71.9 Å². The van der Waals surface area contributed by atoms with Gasteiger partial charge in [-0.05, 0) is 31.0 Å². The highest BCUT2D eigenvalue weighted by molar-refractivity contribution is 5.94. The Balaban J connectivity index is 1.53. The average Bonchev–Trinajstić information content (AvgIpc) is 3.14. The molecule has 0 fully saturated rings. The summed E-state index contributed by atoms with van der Waals surface area (Å²) in [6.45, 7) is 7.79. The quantitative estimate of drug-likeness (QED) is 0.641. The van der Waals surface area contributed by atoms with Crippen LogP contribution < -0.4 is 5.32 Å². The zero-order valence-corrected chi connectivity index (χ0v) is 16.1. The average molecular weight is 362 g/mol. The number of amides is 1. The van der Waals surface area contributed by atoms with Gasteiger partial charge in [-0.15, -0.1) is 0 Å². The molecule has 3 aromatic rings. The molecule has 5 heteroatoms. The molecule has 5 nitrogen and oxygen atoms in total. The van der Waals surface area contributed by atoms with Crippen molar-refractivity contribution in [1.29, 1.82) is 0 Å². The lowest BCUT2D eigenvalue weighted by atomic mass is 10.0. The monoisotopic (exact) mass is 362 g/mol. The van der Waals surface area contributed by atoms with Crippen molar-refractivity contribution in [2.75, 3.05) is 6.54 Å². The Morgan fingerprint density at radius 3 is 2.67 bits per heavy atom. The summed E-state index contributed by atoms with van der Waals surface area (Å²) < 4.78 is 2.15. The number of aromatic nitrogens is 3. The van der Waals surface area contributed by atoms with Gasteiger partial charge >= 0.3 is 0 Å². The number of hydrogen-bond acceptors (Lipinski definition) is 3. The van der Waals surface area contributed by atoms with E-state index in [2.05, 4.69) is 46.7 Å². The van der Waals surface area contributed by atoms with Gasteiger partial charge in [-0.3, -0.25) is 9.78 Å². The normalized spacial score (nSPS) is 11.0. The van der Waals surface area contributed by atoms with Crippen molar-refractivity contribution in [3.63, 3.8) is 0 Å². The molecule has 2 heterocycles. The molecule has 0 atom stereocenters. The molecule has 0 radical (unpaired) electrons. The van der Waals surface area contributed by atoms with E-state index in [0.717, 1.165) is 30.0 Å². The number of pyridine rings is 1. The van der Waals surface area contributed by atoms with E-state index < -0.39 is 0 Å². The molecular formula is C22H26N4O. The van der Waals surface area contributed by atoms with Crippen LogP contribution in [0.25, 0.3) is 11.3 Å². The Morgan fingerprint density at radius 1 is 1.15 bits per heavy atom. The number of benzene rings is 1. The summed E-state index contributed by atoms with van der Waals surface area (Å²) in [5.41, 5.74) is 3.72. The molecule has 0 unspecified atom stereocenters. The van der Waals surface area contributed by atoms with Crippen molar-refractivity contribution in [2.24, 2.45) is 0 Å². The largest absolute Gasteiger partial charge is 0.352 e. The zero-order valence-electron chi connectivity index (χ0n) is 16.1. The number of aryl methyl sites for hydroxylation is 2. The number of imidazole rings is 1. The van der Waals surface area contributed by atoms with Gasteiger partial charge in [-0.2, -0.15) is 0 Å². The zero-order chi connectivity index (χ0) is 19.2. The molecule has 0 spiro atoms. The van der Waals surface area contributed by atoms with Gasteiger partial charge < -0.3 is 9.88 Å². The molecule has 0 bridgehead atoms. The topological polar surface area (TPSA) is 59.8 Å². The Morgan fingerprint density at radius 2 is 1.96 bits per heavy atom. The molecule has 0 aliphatic rings. The van der Waals surface area contributed by atoms with Crippen molar-refractivity contribution in [3.8, 4) is 11.3 Å². The summed E-state index contributed by atoms with van der Waals surface area (Å²) in [5, 5.41) is 2.97. The van der Waals surface area contributed by atoms with E-state index in [1.807, 2.05) is 42.7 Å². The van der Waals surface area contributed by atoms with E-state index in [1.54, 1.807) is 6.20 Å². The van der Waals surface area contributed by atoms with Crippen LogP contribution in [0.4, 0.5) is 0 Å². The molecule has 27 heavy (non-hydrogen) atoms. The first-order chi connectivity index (χ1) is 13.1. The molecule has 1 N–H and O–H groups in total. The minimum atomic E-state index is -0.0893. The maximum absolute atomic E-state index is 12.3. The lowest BCUT2D eigenvalue weighted by molar-refractivity contribution is 0.0952. The minimum absolute atomic E-state index is 0.0893. The first-order valence-electron chi connectivity index (χ1n) is 9.37. The van der Waals surface area contributed by atoms with Crippen molar-refractivity contribution >= 4 is 5.91 Å². The van der Waals surface area contributed by atoms with Crippen LogP contribution in [0.2, 0.25) is 0 Å². The number of rotatable bonds is 7. The molecule has 1 amide bonds. The van der Waals surface area contributed by atoms with E-state index >= 15 is 0 Å². The summed E-state index contributed by atoms with van der Waals surface area (Å²) in [5.74, 6) is 1.39. The van der Waals surface area contributed by atoms with Gasteiger partial charge in [0, 0.05) is 43.2 Å². The summed E-state index contributed by atoms with van der Waals surface area (Å²) in [6.07, 6.45) is 6.32. The van der Waals surface area contributed by atoms with Crippen LogP contribution in [-0.2, 0) is 6.54 Å². The van der Waals surface area contributed by atoms with Crippen LogP contribution in [-0.4, -0.2) is 27.0 Å². The molecule has 3 rings (SSSR count). The molecule has 0 saturated heterocycles. The van der Waals surface area contributed by atoms with Crippen LogP contribution >= 0.6 is 0 Å². The highest BCUT2D eigenvalue weighted by atomic mass is 16.1. The summed E-state index contributed by atoms with van der Waals surface area (Å²) in [7, 11) is 0. The van der Waals surface area contributed by atoms with Crippen LogP contribution in [0.1, 0.15) is 47.9 Å². The van der Waals surface area contributed by atoms with E-state index in [1.165, 1.54) is 5.56 Å². The predicted octanol–water partition coefficient (Wildman–Crippen LogP) is 4.20. The van der Waals surface area contributed by atoms with E-state index in [0.29, 0.717) is 18.0 Å². The number of nitrogens with zero attached hydrogens (tertiary/aromatic N) is 3. The molecule has 2 aromatic heterocycles. The molecule has 0 saturated carbocycles. The van der Waals surface area contributed by atoms with Crippen molar-refractivity contribution in [1.82, 2.24) is 19.9 Å². The highest BCUT2D eigenvalue weighted by Gasteiger charge is 2.09. The first kappa shape index (κ1) is 18.8. The fourth-order valence-electron chi connectivity index (χ4n) is 3.11. The van der Waals surface area contributed by atoms with E-state index in [4.69, 9.17) is 0 Å². The summed E-state index contributed by atoms with van der Waals surface area (Å²) >= 11 is 0. The van der Waals surface area contributed by atoms with E-state index in [-0.39, 0.29) is 5.91 Å². The van der Waals surface area contributed by atoms with Gasteiger partial charge in [-0.25, -0.2) is 4.98 Å². The van der Waals surface area contributed by atoms with Crippen LogP contribution in [0.15, 0.2) is 55.0 Å². The van der Waals surface area contributed by atoms with Crippen molar-refractivity contribution in [2.45, 2.75) is 39.7 Å². The van der Waals surface area contributed by atoms with Gasteiger partial charge in [0.1, 0.15) is 5.82 Å². The third-order valence-electron chi connectivity index (χ3n) is 4.57.